The number of nitrogens with one attached hydrogen (secondary N) is 6. The lowest BCUT2D eigenvalue weighted by molar-refractivity contribution is 0.810. The zero-order valence-corrected chi connectivity index (χ0v) is 22.3. The van der Waals surface area contributed by atoms with Crippen LogP contribution in [0.25, 0.3) is 0 Å². The van der Waals surface area contributed by atoms with Crippen LogP contribution in [0.15, 0.2) is 72.8 Å². The average molecular weight is 535 g/mol. The lowest BCUT2D eigenvalue weighted by Crippen LogP contribution is -2.35. The van der Waals surface area contributed by atoms with Crippen LogP contribution in [0.4, 0.5) is 0 Å². The standard InChI is InChI=1S/C27H30N6S3/c34-25-28-13-19-4-1-5-20(10-19)14-29-26(35)31-16-22-7-3-9-24(12-22)18-33-27(36)32-17-23-8-2-6-21(11-23)15-30-25/h1-12H,13-18H2,(H2,28,30,34)(H2,29,31,35)(H2,32,33,36). The SMILES string of the molecule is S=C1NCc2cccc(c2)CNC(=S)NCc2cccc(c2)CNC(=S)NCc2cccc(c2)CN1. The van der Waals surface area contributed by atoms with E-state index in [-0.39, 0.29) is 0 Å². The molecule has 0 saturated carbocycles. The highest BCUT2D eigenvalue weighted by Crippen LogP contribution is 2.08. The number of thiocarbonyl (C=S) groups is 3. The minimum atomic E-state index is 0.621. The fourth-order valence-corrected chi connectivity index (χ4v) is 4.26. The number of benzene rings is 3. The predicted octanol–water partition coefficient (Wildman–Crippen LogP) is 3.49. The van der Waals surface area contributed by atoms with Crippen molar-refractivity contribution in [3.63, 3.8) is 0 Å². The molecule has 1 aliphatic heterocycles. The van der Waals surface area contributed by atoms with Crippen molar-refractivity contribution >= 4 is 52.0 Å². The molecule has 0 atom stereocenters. The Morgan fingerprint density at radius 2 is 0.556 bits per heavy atom. The van der Waals surface area contributed by atoms with Gasteiger partial charge < -0.3 is 31.9 Å². The average Bonchev–Trinajstić information content (AvgIpc) is 2.90. The molecule has 1 heterocycles. The van der Waals surface area contributed by atoms with E-state index in [9.17, 15) is 0 Å². The van der Waals surface area contributed by atoms with Gasteiger partial charge in [-0.3, -0.25) is 0 Å². The number of fused-ring (bicyclic) bond motifs is 6. The lowest BCUT2D eigenvalue weighted by atomic mass is 10.1. The quantitative estimate of drug-likeness (QED) is 0.243. The van der Waals surface area contributed by atoms with Crippen LogP contribution in [0.3, 0.4) is 0 Å². The third-order valence-electron chi connectivity index (χ3n) is 5.69. The predicted molar refractivity (Wildman–Crippen MR) is 158 cm³/mol. The number of rotatable bonds is 0. The molecule has 9 heteroatoms. The van der Waals surface area contributed by atoms with Gasteiger partial charge in [-0.05, 0) is 70.0 Å². The summed E-state index contributed by atoms with van der Waals surface area (Å²) < 4.78 is 0. The smallest absolute Gasteiger partial charge is 0.166 e. The van der Waals surface area contributed by atoms with E-state index >= 15 is 0 Å². The van der Waals surface area contributed by atoms with E-state index in [4.69, 9.17) is 36.7 Å². The highest BCUT2D eigenvalue weighted by molar-refractivity contribution is 7.80. The van der Waals surface area contributed by atoms with Gasteiger partial charge >= 0.3 is 0 Å². The van der Waals surface area contributed by atoms with Gasteiger partial charge in [-0.1, -0.05) is 72.8 Å². The molecule has 4 rings (SSSR count). The van der Waals surface area contributed by atoms with E-state index in [0.717, 1.165) is 33.4 Å². The van der Waals surface area contributed by atoms with Crippen LogP contribution in [-0.2, 0) is 39.3 Å². The van der Waals surface area contributed by atoms with E-state index < -0.39 is 0 Å². The molecule has 0 aliphatic carbocycles. The summed E-state index contributed by atoms with van der Waals surface area (Å²) in [6.45, 7) is 3.88. The van der Waals surface area contributed by atoms with Crippen molar-refractivity contribution in [3.05, 3.63) is 106 Å². The van der Waals surface area contributed by atoms with Crippen molar-refractivity contribution in [2.75, 3.05) is 0 Å². The largest absolute Gasteiger partial charge is 0.359 e. The van der Waals surface area contributed by atoms with Crippen molar-refractivity contribution < 1.29 is 0 Å². The highest BCUT2D eigenvalue weighted by atomic mass is 32.1. The third-order valence-corrected chi connectivity index (χ3v) is 6.56. The van der Waals surface area contributed by atoms with Gasteiger partial charge in [0, 0.05) is 39.3 Å². The second-order valence-corrected chi connectivity index (χ2v) is 9.79. The van der Waals surface area contributed by atoms with E-state index in [1.54, 1.807) is 0 Å². The Hall–Kier alpha value is -3.27. The molecule has 3 aromatic carbocycles. The van der Waals surface area contributed by atoms with E-state index in [0.29, 0.717) is 54.6 Å². The monoisotopic (exact) mass is 534 g/mol. The highest BCUT2D eigenvalue weighted by Gasteiger charge is 2.04. The van der Waals surface area contributed by atoms with Crippen LogP contribution in [0.5, 0.6) is 0 Å². The minimum absolute atomic E-state index is 0.621. The molecule has 3 aromatic rings. The first kappa shape index (κ1) is 25.8. The van der Waals surface area contributed by atoms with Gasteiger partial charge in [0.2, 0.25) is 0 Å². The van der Waals surface area contributed by atoms with Crippen molar-refractivity contribution in [2.24, 2.45) is 0 Å². The molecule has 0 spiro atoms. The second kappa shape index (κ2) is 13.2. The van der Waals surface area contributed by atoms with Crippen LogP contribution in [-0.4, -0.2) is 15.3 Å². The summed E-state index contributed by atoms with van der Waals surface area (Å²) in [6.07, 6.45) is 0. The molecule has 0 fully saturated rings. The minimum Gasteiger partial charge on any atom is -0.359 e. The Bertz CT molecular complexity index is 1000. The first-order valence-corrected chi connectivity index (χ1v) is 13.0. The van der Waals surface area contributed by atoms with Crippen molar-refractivity contribution in [1.29, 1.82) is 0 Å². The zero-order chi connectivity index (χ0) is 25.2. The molecular weight excluding hydrogens is 505 g/mol. The Morgan fingerprint density at radius 3 is 0.750 bits per heavy atom. The van der Waals surface area contributed by atoms with Gasteiger partial charge in [-0.25, -0.2) is 0 Å². The molecule has 1 aliphatic rings. The molecule has 36 heavy (non-hydrogen) atoms. The molecule has 6 bridgehead atoms. The first-order chi connectivity index (χ1) is 17.5. The Morgan fingerprint density at radius 1 is 0.361 bits per heavy atom. The fourth-order valence-electron chi connectivity index (χ4n) is 3.83. The van der Waals surface area contributed by atoms with Crippen LogP contribution in [0.1, 0.15) is 33.4 Å². The van der Waals surface area contributed by atoms with Gasteiger partial charge in [-0.2, -0.15) is 0 Å². The molecule has 6 nitrogen and oxygen atoms in total. The molecule has 0 radical (unpaired) electrons. The Balaban J connectivity index is 1.45. The Kier molecular flexibility index (Phi) is 9.43. The lowest BCUT2D eigenvalue weighted by Gasteiger charge is -2.15. The zero-order valence-electron chi connectivity index (χ0n) is 19.9. The summed E-state index contributed by atoms with van der Waals surface area (Å²) in [5.41, 5.74) is 6.92. The molecule has 0 amide bonds. The molecule has 0 saturated heterocycles. The van der Waals surface area contributed by atoms with Crippen molar-refractivity contribution in [1.82, 2.24) is 31.9 Å². The normalized spacial score (nSPS) is 15.5. The molecule has 186 valence electrons. The maximum Gasteiger partial charge on any atom is 0.166 e. The van der Waals surface area contributed by atoms with Gasteiger partial charge in [0.1, 0.15) is 0 Å². The summed E-state index contributed by atoms with van der Waals surface area (Å²) >= 11 is 16.5. The summed E-state index contributed by atoms with van der Waals surface area (Å²) in [6, 6.07) is 25.1. The molecule has 6 N–H and O–H groups in total. The van der Waals surface area contributed by atoms with Crippen LogP contribution >= 0.6 is 36.7 Å². The topological polar surface area (TPSA) is 72.2 Å². The summed E-state index contributed by atoms with van der Waals surface area (Å²) in [5.74, 6) is 0. The van der Waals surface area contributed by atoms with Crippen molar-refractivity contribution in [2.45, 2.75) is 39.3 Å². The van der Waals surface area contributed by atoms with Gasteiger partial charge in [0.05, 0.1) is 0 Å². The third kappa shape index (κ3) is 8.44. The van der Waals surface area contributed by atoms with Crippen LogP contribution in [0.2, 0.25) is 0 Å². The van der Waals surface area contributed by atoms with Crippen molar-refractivity contribution in [3.8, 4) is 0 Å². The maximum absolute atomic E-state index is 5.49. The molecule has 0 aromatic heterocycles. The molecule has 0 unspecified atom stereocenters. The second-order valence-electron chi connectivity index (χ2n) is 8.57. The van der Waals surface area contributed by atoms with Gasteiger partial charge in [-0.15, -0.1) is 0 Å². The maximum atomic E-state index is 5.49. The van der Waals surface area contributed by atoms with E-state index in [1.165, 1.54) is 0 Å². The fraction of sp³-hybridized carbons (Fsp3) is 0.222. The van der Waals surface area contributed by atoms with Gasteiger partial charge in [0.25, 0.3) is 0 Å². The summed E-state index contributed by atoms with van der Waals surface area (Å²) in [4.78, 5) is 0. The van der Waals surface area contributed by atoms with E-state index in [2.05, 4.69) is 105 Å². The first-order valence-electron chi connectivity index (χ1n) is 11.8. The summed E-state index contributed by atoms with van der Waals surface area (Å²) in [7, 11) is 0. The summed E-state index contributed by atoms with van der Waals surface area (Å²) in [5, 5.41) is 21.6. The van der Waals surface area contributed by atoms with Crippen LogP contribution in [0, 0.1) is 0 Å². The number of hydrogen-bond donors (Lipinski definition) is 6. The van der Waals surface area contributed by atoms with E-state index in [1.807, 2.05) is 0 Å². The number of hydrogen-bond acceptors (Lipinski definition) is 3. The van der Waals surface area contributed by atoms with Gasteiger partial charge in [0.15, 0.2) is 15.3 Å². The Labute approximate surface area is 228 Å². The molecular formula is C27H30N6S3. The van der Waals surface area contributed by atoms with Crippen LogP contribution < -0.4 is 31.9 Å².